The zero-order valence-corrected chi connectivity index (χ0v) is 13.7. The molecule has 0 spiro atoms. The van der Waals surface area contributed by atoms with E-state index in [-0.39, 0.29) is 5.91 Å². The molecule has 7 nitrogen and oxygen atoms in total. The second-order valence-corrected chi connectivity index (χ2v) is 6.52. The fourth-order valence-electron chi connectivity index (χ4n) is 3.27. The number of ether oxygens (including phenoxy) is 1. The van der Waals surface area contributed by atoms with Gasteiger partial charge in [-0.05, 0) is 12.8 Å². The van der Waals surface area contributed by atoms with Gasteiger partial charge in [-0.3, -0.25) is 9.69 Å². The first kappa shape index (κ1) is 16.4. The summed E-state index contributed by atoms with van der Waals surface area (Å²) < 4.78 is 10.5. The number of hydrogen-bond acceptors (Lipinski definition) is 6. The molecule has 1 amide bonds. The molecule has 0 bridgehead atoms. The van der Waals surface area contributed by atoms with Crippen molar-refractivity contribution >= 4 is 5.91 Å². The van der Waals surface area contributed by atoms with Crippen LogP contribution in [0.3, 0.4) is 0 Å². The molecule has 2 aliphatic heterocycles. The molecule has 7 heteroatoms. The lowest BCUT2D eigenvalue weighted by atomic mass is 10.0. The maximum atomic E-state index is 12.5. The fourth-order valence-corrected chi connectivity index (χ4v) is 3.27. The first-order valence-corrected chi connectivity index (χ1v) is 8.37. The number of aliphatic hydroxyl groups is 1. The van der Waals surface area contributed by atoms with Crippen LogP contribution in [0.2, 0.25) is 0 Å². The van der Waals surface area contributed by atoms with Gasteiger partial charge in [0.1, 0.15) is 5.76 Å². The molecule has 0 aliphatic carbocycles. The molecule has 1 aromatic rings. The molecule has 2 fully saturated rings. The Kier molecular flexibility index (Phi) is 4.99. The van der Waals surface area contributed by atoms with Crippen LogP contribution < -0.4 is 0 Å². The molecule has 1 N–H and O–H groups in total. The minimum atomic E-state index is -0.844. The van der Waals surface area contributed by atoms with Crippen LogP contribution >= 0.6 is 0 Å². The van der Waals surface area contributed by atoms with Gasteiger partial charge < -0.3 is 19.3 Å². The Morgan fingerprint density at radius 1 is 1.39 bits per heavy atom. The lowest BCUT2D eigenvalue weighted by Crippen LogP contribution is -2.49. The number of amides is 1. The highest BCUT2D eigenvalue weighted by Crippen LogP contribution is 2.24. The van der Waals surface area contributed by atoms with E-state index >= 15 is 0 Å². The Balaban J connectivity index is 1.58. The van der Waals surface area contributed by atoms with Crippen molar-refractivity contribution < 1.29 is 19.2 Å². The SMILES string of the molecule is CCCc1cc(C(=O)N2CC[C@@](O)(CN3CCOCC3)C2)no1. The number of β-amino-alcohol motifs (C(OH)–C–C–N with tert-alkyl or cyclic N) is 1. The number of rotatable bonds is 5. The molecule has 1 aromatic heterocycles. The van der Waals surface area contributed by atoms with Gasteiger partial charge in [0.15, 0.2) is 5.69 Å². The van der Waals surface area contributed by atoms with E-state index in [2.05, 4.69) is 17.0 Å². The van der Waals surface area contributed by atoms with E-state index < -0.39 is 5.60 Å². The van der Waals surface area contributed by atoms with Gasteiger partial charge in [0.25, 0.3) is 5.91 Å². The lowest BCUT2D eigenvalue weighted by Gasteiger charge is -2.33. The number of nitrogens with zero attached hydrogens (tertiary/aromatic N) is 3. The van der Waals surface area contributed by atoms with Crippen LogP contribution in [0.15, 0.2) is 10.6 Å². The standard InChI is InChI=1S/C16H25N3O4/c1-2-3-13-10-14(17-23-13)15(20)19-5-4-16(21,12-19)11-18-6-8-22-9-7-18/h10,21H,2-9,11-12H2,1H3/t16-/m1/s1. The monoisotopic (exact) mass is 323 g/mol. The molecular weight excluding hydrogens is 298 g/mol. The summed E-state index contributed by atoms with van der Waals surface area (Å²) >= 11 is 0. The predicted molar refractivity (Wildman–Crippen MR) is 83.2 cm³/mol. The van der Waals surface area contributed by atoms with Crippen molar-refractivity contribution in [3.05, 3.63) is 17.5 Å². The largest absolute Gasteiger partial charge is 0.387 e. The van der Waals surface area contributed by atoms with Gasteiger partial charge in [0.2, 0.25) is 0 Å². The highest BCUT2D eigenvalue weighted by Gasteiger charge is 2.40. The summed E-state index contributed by atoms with van der Waals surface area (Å²) in [4.78, 5) is 16.4. The van der Waals surface area contributed by atoms with Crippen LogP contribution in [0, 0.1) is 0 Å². The molecule has 2 saturated heterocycles. The summed E-state index contributed by atoms with van der Waals surface area (Å²) in [5.74, 6) is 0.577. The number of likely N-dealkylation sites (tertiary alicyclic amines) is 1. The van der Waals surface area contributed by atoms with E-state index in [4.69, 9.17) is 9.26 Å². The maximum Gasteiger partial charge on any atom is 0.276 e. The second kappa shape index (κ2) is 6.98. The van der Waals surface area contributed by atoms with Crippen LogP contribution in [-0.4, -0.2) is 77.5 Å². The van der Waals surface area contributed by atoms with E-state index in [1.165, 1.54) is 0 Å². The van der Waals surface area contributed by atoms with Crippen LogP contribution in [0.5, 0.6) is 0 Å². The van der Waals surface area contributed by atoms with Crippen molar-refractivity contribution in [2.75, 3.05) is 45.9 Å². The Morgan fingerprint density at radius 3 is 2.91 bits per heavy atom. The van der Waals surface area contributed by atoms with Gasteiger partial charge in [-0.1, -0.05) is 12.1 Å². The molecular formula is C16H25N3O4. The average Bonchev–Trinajstić information content (AvgIpc) is 3.15. The number of carbonyl (C=O) groups excluding carboxylic acids is 1. The third-order valence-electron chi connectivity index (χ3n) is 4.52. The quantitative estimate of drug-likeness (QED) is 0.852. The number of aromatic nitrogens is 1. The van der Waals surface area contributed by atoms with Gasteiger partial charge in [-0.2, -0.15) is 0 Å². The van der Waals surface area contributed by atoms with E-state index in [1.807, 2.05) is 0 Å². The third kappa shape index (κ3) is 3.91. The van der Waals surface area contributed by atoms with E-state index in [9.17, 15) is 9.90 Å². The second-order valence-electron chi connectivity index (χ2n) is 6.52. The normalized spacial score (nSPS) is 25.9. The summed E-state index contributed by atoms with van der Waals surface area (Å²) in [6, 6.07) is 1.71. The molecule has 2 aliphatic rings. The Labute approximate surface area is 136 Å². The molecule has 0 unspecified atom stereocenters. The molecule has 128 valence electrons. The minimum absolute atomic E-state index is 0.158. The van der Waals surface area contributed by atoms with Crippen molar-refractivity contribution in [2.45, 2.75) is 31.8 Å². The number of morpholine rings is 1. The Morgan fingerprint density at radius 2 is 2.17 bits per heavy atom. The topological polar surface area (TPSA) is 79.0 Å². The van der Waals surface area contributed by atoms with E-state index in [0.29, 0.717) is 45.0 Å². The average molecular weight is 323 g/mol. The number of aryl methyl sites for hydroxylation is 1. The third-order valence-corrected chi connectivity index (χ3v) is 4.52. The summed E-state index contributed by atoms with van der Waals surface area (Å²) in [7, 11) is 0. The zero-order valence-electron chi connectivity index (χ0n) is 13.7. The van der Waals surface area contributed by atoms with Gasteiger partial charge in [-0.25, -0.2) is 0 Å². The van der Waals surface area contributed by atoms with Gasteiger partial charge in [-0.15, -0.1) is 0 Å². The summed E-state index contributed by atoms with van der Waals surface area (Å²) in [5, 5.41) is 14.6. The first-order chi connectivity index (χ1) is 11.1. The van der Waals surface area contributed by atoms with Crippen LogP contribution in [0.25, 0.3) is 0 Å². The van der Waals surface area contributed by atoms with Gasteiger partial charge >= 0.3 is 0 Å². The number of hydrogen-bond donors (Lipinski definition) is 1. The van der Waals surface area contributed by atoms with Crippen LogP contribution in [0.1, 0.15) is 36.0 Å². The number of carbonyl (C=O) groups is 1. The molecule has 1 atom stereocenters. The Bertz CT molecular complexity index is 541. The van der Waals surface area contributed by atoms with E-state index in [1.54, 1.807) is 11.0 Å². The van der Waals surface area contributed by atoms with Crippen molar-refractivity contribution in [2.24, 2.45) is 0 Å². The van der Waals surface area contributed by atoms with E-state index in [0.717, 1.165) is 31.7 Å². The molecule has 23 heavy (non-hydrogen) atoms. The maximum absolute atomic E-state index is 12.5. The zero-order chi connectivity index (χ0) is 16.3. The summed E-state index contributed by atoms with van der Waals surface area (Å²) in [6.45, 7) is 6.61. The molecule has 3 heterocycles. The smallest absolute Gasteiger partial charge is 0.276 e. The minimum Gasteiger partial charge on any atom is -0.387 e. The van der Waals surface area contributed by atoms with Crippen molar-refractivity contribution in [1.29, 1.82) is 0 Å². The molecule has 0 aromatic carbocycles. The van der Waals surface area contributed by atoms with Gasteiger partial charge in [0.05, 0.1) is 25.4 Å². The lowest BCUT2D eigenvalue weighted by molar-refractivity contribution is -0.0257. The van der Waals surface area contributed by atoms with Crippen molar-refractivity contribution in [3.63, 3.8) is 0 Å². The molecule has 0 saturated carbocycles. The Hall–Kier alpha value is -1.44. The first-order valence-electron chi connectivity index (χ1n) is 8.37. The molecule has 3 rings (SSSR count). The van der Waals surface area contributed by atoms with Crippen molar-refractivity contribution in [3.8, 4) is 0 Å². The summed E-state index contributed by atoms with van der Waals surface area (Å²) in [6.07, 6.45) is 2.32. The van der Waals surface area contributed by atoms with Crippen LogP contribution in [0.4, 0.5) is 0 Å². The molecule has 0 radical (unpaired) electrons. The highest BCUT2D eigenvalue weighted by atomic mass is 16.5. The van der Waals surface area contributed by atoms with Gasteiger partial charge in [0, 0.05) is 38.7 Å². The van der Waals surface area contributed by atoms with Crippen LogP contribution in [-0.2, 0) is 11.2 Å². The fraction of sp³-hybridized carbons (Fsp3) is 0.750. The highest BCUT2D eigenvalue weighted by molar-refractivity contribution is 5.92. The predicted octanol–water partition coefficient (Wildman–Crippen LogP) is 0.536. The van der Waals surface area contributed by atoms with Crippen molar-refractivity contribution in [1.82, 2.24) is 15.0 Å². The summed E-state index contributed by atoms with van der Waals surface area (Å²) in [5.41, 5.74) is -0.507.